The van der Waals surface area contributed by atoms with E-state index in [1.165, 1.54) is 17.1 Å². The predicted octanol–water partition coefficient (Wildman–Crippen LogP) is 2.27. The first-order valence-electron chi connectivity index (χ1n) is 12.2. The molecule has 0 aliphatic carbocycles. The second kappa shape index (κ2) is 12.1. The molecule has 204 valence electrons. The molecule has 1 aliphatic heterocycles. The number of aliphatic hydroxyl groups is 1. The number of aromatic nitrogens is 2. The van der Waals surface area contributed by atoms with Gasteiger partial charge in [-0.05, 0) is 37.0 Å². The van der Waals surface area contributed by atoms with Crippen LogP contribution in [0.1, 0.15) is 28.8 Å². The lowest BCUT2D eigenvalue weighted by Gasteiger charge is -2.30. The number of aliphatic hydroxyl groups excluding tert-OH is 1. The van der Waals surface area contributed by atoms with Crippen molar-refractivity contribution in [3.63, 3.8) is 0 Å². The van der Waals surface area contributed by atoms with Crippen molar-refractivity contribution >= 4 is 15.9 Å². The van der Waals surface area contributed by atoms with E-state index >= 15 is 0 Å². The molecule has 9 nitrogen and oxygen atoms in total. The Morgan fingerprint density at radius 1 is 1.26 bits per heavy atom. The van der Waals surface area contributed by atoms with Crippen molar-refractivity contribution in [1.82, 2.24) is 19.2 Å². The summed E-state index contributed by atoms with van der Waals surface area (Å²) in [5.74, 6) is -2.74. The summed E-state index contributed by atoms with van der Waals surface area (Å²) < 4.78 is 62.9. The van der Waals surface area contributed by atoms with E-state index in [4.69, 9.17) is 4.74 Å². The molecule has 0 bridgehead atoms. The summed E-state index contributed by atoms with van der Waals surface area (Å²) in [7, 11) is -2.47. The molecule has 0 radical (unpaired) electrons. The highest BCUT2D eigenvalue weighted by molar-refractivity contribution is 7.89. The summed E-state index contributed by atoms with van der Waals surface area (Å²) in [6.45, 7) is 0.137. The maximum atomic E-state index is 14.3. The quantitative estimate of drug-likeness (QED) is 0.380. The molecule has 1 aromatic heterocycles. The Bertz CT molecular complexity index is 1350. The molecule has 2 unspecified atom stereocenters. The third kappa shape index (κ3) is 6.81. The van der Waals surface area contributed by atoms with E-state index in [2.05, 4.69) is 10.3 Å². The van der Waals surface area contributed by atoms with Gasteiger partial charge in [0.05, 0.1) is 30.1 Å². The lowest BCUT2D eigenvalue weighted by atomic mass is 10.00. The highest BCUT2D eigenvalue weighted by Crippen LogP contribution is 2.21. The molecule has 12 heteroatoms. The molecule has 1 aliphatic rings. The van der Waals surface area contributed by atoms with Crippen molar-refractivity contribution < 1.29 is 31.8 Å². The molecule has 3 atom stereocenters. The zero-order valence-electron chi connectivity index (χ0n) is 20.8. The first-order chi connectivity index (χ1) is 18.1. The summed E-state index contributed by atoms with van der Waals surface area (Å²) in [5, 5.41) is 13.7. The van der Waals surface area contributed by atoms with E-state index in [1.807, 2.05) is 6.07 Å². The molecule has 2 heterocycles. The van der Waals surface area contributed by atoms with E-state index in [0.29, 0.717) is 19.1 Å². The number of carbonyl (C=O) groups is 1. The van der Waals surface area contributed by atoms with Gasteiger partial charge in [0, 0.05) is 39.0 Å². The maximum absolute atomic E-state index is 14.3. The lowest BCUT2D eigenvalue weighted by Crippen LogP contribution is -2.51. The molecule has 3 aromatic rings. The Kier molecular flexibility index (Phi) is 8.87. The third-order valence-electron chi connectivity index (χ3n) is 6.36. The van der Waals surface area contributed by atoms with Crippen molar-refractivity contribution in [1.29, 1.82) is 0 Å². The third-order valence-corrected chi connectivity index (χ3v) is 8.08. The fourth-order valence-corrected chi connectivity index (χ4v) is 5.80. The largest absolute Gasteiger partial charge is 0.390 e. The van der Waals surface area contributed by atoms with Crippen molar-refractivity contribution in [2.24, 2.45) is 7.05 Å². The summed E-state index contributed by atoms with van der Waals surface area (Å²) >= 11 is 0. The van der Waals surface area contributed by atoms with Crippen LogP contribution < -0.4 is 5.32 Å². The van der Waals surface area contributed by atoms with Gasteiger partial charge < -0.3 is 19.7 Å². The summed E-state index contributed by atoms with van der Waals surface area (Å²) in [6.07, 6.45) is 2.58. The van der Waals surface area contributed by atoms with Crippen LogP contribution in [-0.2, 0) is 28.2 Å². The second-order valence-corrected chi connectivity index (χ2v) is 11.2. The van der Waals surface area contributed by atoms with Crippen LogP contribution in [0.4, 0.5) is 8.78 Å². The maximum Gasteiger partial charge on any atom is 0.262 e. The van der Waals surface area contributed by atoms with E-state index < -0.39 is 45.3 Å². The van der Waals surface area contributed by atoms with Gasteiger partial charge >= 0.3 is 0 Å². The number of benzene rings is 2. The normalized spacial score (nSPS) is 17.4. The fraction of sp³-hybridized carbons (Fsp3) is 0.385. The van der Waals surface area contributed by atoms with Gasteiger partial charge in [-0.25, -0.2) is 22.2 Å². The van der Waals surface area contributed by atoms with Gasteiger partial charge in [0.15, 0.2) is 5.03 Å². The smallest absolute Gasteiger partial charge is 0.262 e. The van der Waals surface area contributed by atoms with Crippen LogP contribution in [0.5, 0.6) is 0 Å². The number of amides is 1. The Labute approximate surface area is 220 Å². The van der Waals surface area contributed by atoms with Crippen LogP contribution in [0.2, 0.25) is 0 Å². The van der Waals surface area contributed by atoms with Crippen LogP contribution in [0.15, 0.2) is 66.1 Å². The highest BCUT2D eigenvalue weighted by Gasteiger charge is 2.35. The summed E-state index contributed by atoms with van der Waals surface area (Å²) in [6, 6.07) is 10.5. The lowest BCUT2D eigenvalue weighted by molar-refractivity contribution is 0.0624. The van der Waals surface area contributed by atoms with Crippen LogP contribution in [-0.4, -0.2) is 71.2 Å². The van der Waals surface area contributed by atoms with Gasteiger partial charge in [0.2, 0.25) is 0 Å². The number of aryl methyl sites for hydroxylation is 1. The van der Waals surface area contributed by atoms with Gasteiger partial charge in [-0.15, -0.1) is 0 Å². The topological polar surface area (TPSA) is 114 Å². The van der Waals surface area contributed by atoms with E-state index in [-0.39, 0.29) is 30.6 Å². The molecule has 1 amide bonds. The highest BCUT2D eigenvalue weighted by atomic mass is 32.2. The molecule has 2 aromatic carbocycles. The SMILES string of the molecule is Cn1cnc(S(=O)(=O)N(CC(O)C(Cc2ccccc2)NC(=O)c2ccc(F)cc2F)C[C@H]2CCCO2)c1. The van der Waals surface area contributed by atoms with Crippen LogP contribution in [0, 0.1) is 11.6 Å². The average Bonchev–Trinajstić information content (AvgIpc) is 3.56. The first kappa shape index (κ1) is 27.8. The average molecular weight is 549 g/mol. The van der Waals surface area contributed by atoms with Crippen molar-refractivity contribution in [2.45, 2.75) is 42.5 Å². The van der Waals surface area contributed by atoms with Crippen LogP contribution >= 0.6 is 0 Å². The number of sulfonamides is 1. The molecule has 0 spiro atoms. The first-order valence-corrected chi connectivity index (χ1v) is 13.6. The standard InChI is InChI=1S/C26H30F2N4O5S/c1-31-16-25(29-17-31)38(35,36)32(14-20-8-5-11-37-20)15-24(33)23(12-18-6-3-2-4-7-18)30-26(34)21-10-9-19(27)13-22(21)28/h2-4,6-7,9-10,13,16-17,20,23-24,33H,5,8,11-12,14-15H2,1H3,(H,30,34)/t20-,23?,24?/m1/s1. The minimum atomic E-state index is -4.11. The summed E-state index contributed by atoms with van der Waals surface area (Å²) in [4.78, 5) is 16.9. The molecular weight excluding hydrogens is 518 g/mol. The molecular formula is C26H30F2N4O5S. The van der Waals surface area contributed by atoms with Crippen molar-refractivity contribution in [3.05, 3.63) is 83.8 Å². The number of halogens is 2. The van der Waals surface area contributed by atoms with E-state index in [1.54, 1.807) is 31.3 Å². The van der Waals surface area contributed by atoms with Crippen molar-refractivity contribution in [3.8, 4) is 0 Å². The number of carbonyl (C=O) groups excluding carboxylic acids is 1. The van der Waals surface area contributed by atoms with E-state index in [0.717, 1.165) is 28.4 Å². The molecule has 2 N–H and O–H groups in total. The van der Waals surface area contributed by atoms with Gasteiger partial charge in [0.25, 0.3) is 15.9 Å². The number of hydrogen-bond donors (Lipinski definition) is 2. The molecule has 1 fully saturated rings. The number of nitrogens with zero attached hydrogens (tertiary/aromatic N) is 3. The molecule has 4 rings (SSSR count). The zero-order chi connectivity index (χ0) is 27.3. The number of imidazole rings is 1. The number of ether oxygens (including phenoxy) is 1. The number of nitrogens with one attached hydrogen (secondary N) is 1. The minimum absolute atomic E-state index is 0.00540. The Morgan fingerprint density at radius 2 is 2.03 bits per heavy atom. The molecule has 1 saturated heterocycles. The van der Waals surface area contributed by atoms with Gasteiger partial charge in [0.1, 0.15) is 11.6 Å². The number of rotatable bonds is 11. The Morgan fingerprint density at radius 3 is 2.66 bits per heavy atom. The Balaban J connectivity index is 1.60. The predicted molar refractivity (Wildman–Crippen MR) is 135 cm³/mol. The zero-order valence-corrected chi connectivity index (χ0v) is 21.7. The van der Waals surface area contributed by atoms with Gasteiger partial charge in [-0.3, -0.25) is 4.79 Å². The van der Waals surface area contributed by atoms with Crippen LogP contribution in [0.3, 0.4) is 0 Å². The monoisotopic (exact) mass is 548 g/mol. The number of hydrogen-bond acceptors (Lipinski definition) is 6. The van der Waals surface area contributed by atoms with Crippen LogP contribution in [0.25, 0.3) is 0 Å². The van der Waals surface area contributed by atoms with Gasteiger partial charge in [-0.2, -0.15) is 4.31 Å². The molecule has 38 heavy (non-hydrogen) atoms. The fourth-order valence-electron chi connectivity index (χ4n) is 4.35. The summed E-state index contributed by atoms with van der Waals surface area (Å²) in [5.41, 5.74) is 0.365. The second-order valence-electron chi connectivity index (χ2n) is 9.30. The van der Waals surface area contributed by atoms with Gasteiger partial charge in [-0.1, -0.05) is 30.3 Å². The van der Waals surface area contributed by atoms with Crippen molar-refractivity contribution in [2.75, 3.05) is 19.7 Å². The minimum Gasteiger partial charge on any atom is -0.390 e. The molecule has 0 saturated carbocycles. The van der Waals surface area contributed by atoms with E-state index in [9.17, 15) is 27.1 Å². The Hall–Kier alpha value is -3.19.